The van der Waals surface area contributed by atoms with Crippen LogP contribution >= 0.6 is 0 Å². The van der Waals surface area contributed by atoms with Crippen molar-refractivity contribution in [2.24, 2.45) is 0 Å². The Kier molecular flexibility index (Phi) is 5.87. The van der Waals surface area contributed by atoms with Crippen molar-refractivity contribution in [1.82, 2.24) is 0 Å². The lowest BCUT2D eigenvalue weighted by molar-refractivity contribution is 0.472. The number of nitrogen functional groups attached to an aromatic ring is 2. The smallest absolute Gasteiger partial charge is 0.136 e. The molecule has 0 saturated carbocycles. The van der Waals surface area contributed by atoms with Gasteiger partial charge in [-0.1, -0.05) is 72.8 Å². The van der Waals surface area contributed by atoms with Crippen LogP contribution in [0.2, 0.25) is 0 Å². The largest absolute Gasteiger partial charge is 0.457 e. The lowest BCUT2D eigenvalue weighted by Crippen LogP contribution is -1.95. The summed E-state index contributed by atoms with van der Waals surface area (Å²) < 4.78 is 12.8. The van der Waals surface area contributed by atoms with Crippen molar-refractivity contribution in [3.8, 4) is 45.3 Å². The molecule has 0 spiro atoms. The molecule has 0 fully saturated rings. The van der Waals surface area contributed by atoms with Crippen molar-refractivity contribution in [3.05, 3.63) is 121 Å². The first-order valence-corrected chi connectivity index (χ1v) is 11.0. The molecular formula is C30H24N2O2. The Hall–Kier alpha value is -4.70. The molecule has 0 bridgehead atoms. The second kappa shape index (κ2) is 9.43. The molecule has 4 N–H and O–H groups in total. The van der Waals surface area contributed by atoms with Crippen LogP contribution in [0.15, 0.2) is 121 Å². The van der Waals surface area contributed by atoms with Crippen molar-refractivity contribution in [1.29, 1.82) is 0 Å². The summed E-state index contributed by atoms with van der Waals surface area (Å²) in [5.74, 6) is 2.74. The molecule has 0 aliphatic rings. The van der Waals surface area contributed by atoms with Crippen LogP contribution in [0.4, 0.5) is 11.4 Å². The van der Waals surface area contributed by atoms with Gasteiger partial charge in [0.25, 0.3) is 0 Å². The van der Waals surface area contributed by atoms with E-state index >= 15 is 0 Å². The Balaban J connectivity index is 1.70. The molecule has 0 aromatic heterocycles. The minimum atomic E-state index is 0.642. The van der Waals surface area contributed by atoms with E-state index in [0.717, 1.165) is 22.3 Å². The number of nitrogens with two attached hydrogens (primary N) is 2. The molecule has 5 aromatic carbocycles. The molecule has 0 radical (unpaired) electrons. The van der Waals surface area contributed by atoms with E-state index in [1.807, 2.05) is 121 Å². The third kappa shape index (κ3) is 4.71. The molecule has 4 nitrogen and oxygen atoms in total. The Morgan fingerprint density at radius 3 is 1.21 bits per heavy atom. The SMILES string of the molecule is Nc1cccc(Oc2cc(-c3ccccc3)c(Oc3cccc(N)c3)cc2-c2ccccc2)c1. The van der Waals surface area contributed by atoms with Gasteiger partial charge in [-0.05, 0) is 47.5 Å². The summed E-state index contributed by atoms with van der Waals surface area (Å²) in [5.41, 5.74) is 17.1. The second-order valence-electron chi connectivity index (χ2n) is 7.93. The maximum atomic E-state index is 6.38. The standard InChI is InChI=1S/C30H24N2O2/c31-23-13-7-15-25(17-23)33-29-20-28(22-11-5-2-6-12-22)30(34-26-16-8-14-24(32)18-26)19-27(29)21-9-3-1-4-10-21/h1-20H,31-32H2. The van der Waals surface area contributed by atoms with Crippen LogP contribution in [-0.2, 0) is 0 Å². The first-order chi connectivity index (χ1) is 16.7. The molecule has 0 unspecified atom stereocenters. The topological polar surface area (TPSA) is 70.5 Å². The van der Waals surface area contributed by atoms with E-state index in [0.29, 0.717) is 34.4 Å². The van der Waals surface area contributed by atoms with Crippen LogP contribution in [0.1, 0.15) is 0 Å². The van der Waals surface area contributed by atoms with Crippen molar-refractivity contribution < 1.29 is 9.47 Å². The highest BCUT2D eigenvalue weighted by molar-refractivity contribution is 5.82. The van der Waals surface area contributed by atoms with Crippen molar-refractivity contribution >= 4 is 11.4 Å². The average Bonchev–Trinajstić information content (AvgIpc) is 2.86. The van der Waals surface area contributed by atoms with Crippen LogP contribution in [0.3, 0.4) is 0 Å². The molecule has 0 aliphatic carbocycles. The summed E-state index contributed by atoms with van der Waals surface area (Å²) in [5, 5.41) is 0. The van der Waals surface area contributed by atoms with Gasteiger partial charge in [0.15, 0.2) is 0 Å². The van der Waals surface area contributed by atoms with Crippen molar-refractivity contribution in [2.45, 2.75) is 0 Å². The van der Waals surface area contributed by atoms with Crippen LogP contribution in [0.5, 0.6) is 23.0 Å². The van der Waals surface area contributed by atoms with E-state index in [1.54, 1.807) is 0 Å². The summed E-state index contributed by atoms with van der Waals surface area (Å²) in [6.07, 6.45) is 0. The van der Waals surface area contributed by atoms with Gasteiger partial charge in [0, 0.05) is 34.6 Å². The summed E-state index contributed by atoms with van der Waals surface area (Å²) in [6, 6.07) is 39.1. The van der Waals surface area contributed by atoms with E-state index < -0.39 is 0 Å². The van der Waals surface area contributed by atoms with Gasteiger partial charge in [-0.15, -0.1) is 0 Å². The number of benzene rings is 5. The first-order valence-electron chi connectivity index (χ1n) is 11.0. The monoisotopic (exact) mass is 444 g/mol. The number of ether oxygens (including phenoxy) is 2. The maximum absolute atomic E-state index is 6.38. The van der Waals surface area contributed by atoms with Crippen LogP contribution < -0.4 is 20.9 Å². The maximum Gasteiger partial charge on any atom is 0.136 e. The van der Waals surface area contributed by atoms with Crippen LogP contribution in [0, 0.1) is 0 Å². The van der Waals surface area contributed by atoms with Gasteiger partial charge in [-0.3, -0.25) is 0 Å². The zero-order valence-electron chi connectivity index (χ0n) is 18.5. The van der Waals surface area contributed by atoms with Gasteiger partial charge in [0.1, 0.15) is 23.0 Å². The highest BCUT2D eigenvalue weighted by Crippen LogP contribution is 2.44. The Morgan fingerprint density at radius 2 is 0.824 bits per heavy atom. The lowest BCUT2D eigenvalue weighted by Gasteiger charge is -2.18. The molecule has 0 aliphatic heterocycles. The van der Waals surface area contributed by atoms with E-state index in [2.05, 4.69) is 0 Å². The van der Waals surface area contributed by atoms with E-state index in [9.17, 15) is 0 Å². The number of hydrogen-bond acceptors (Lipinski definition) is 4. The summed E-state index contributed by atoms with van der Waals surface area (Å²) in [7, 11) is 0. The normalized spacial score (nSPS) is 10.6. The molecule has 5 rings (SSSR count). The zero-order chi connectivity index (χ0) is 23.3. The Labute approximate surface area is 199 Å². The molecule has 0 heterocycles. The van der Waals surface area contributed by atoms with Crippen LogP contribution in [0.25, 0.3) is 22.3 Å². The highest BCUT2D eigenvalue weighted by atomic mass is 16.5. The van der Waals surface area contributed by atoms with Gasteiger partial charge >= 0.3 is 0 Å². The van der Waals surface area contributed by atoms with Gasteiger partial charge in [-0.2, -0.15) is 0 Å². The lowest BCUT2D eigenvalue weighted by atomic mass is 9.98. The Bertz CT molecular complexity index is 1310. The quantitative estimate of drug-likeness (QED) is 0.262. The predicted molar refractivity (Wildman–Crippen MR) is 139 cm³/mol. The third-order valence-corrected chi connectivity index (χ3v) is 5.42. The van der Waals surface area contributed by atoms with Gasteiger partial charge in [-0.25, -0.2) is 0 Å². The molecule has 166 valence electrons. The number of rotatable bonds is 6. The fourth-order valence-electron chi connectivity index (χ4n) is 3.83. The molecule has 5 aromatic rings. The van der Waals surface area contributed by atoms with Crippen molar-refractivity contribution in [2.75, 3.05) is 11.5 Å². The predicted octanol–water partition coefficient (Wildman–Crippen LogP) is 7.77. The zero-order valence-corrected chi connectivity index (χ0v) is 18.5. The highest BCUT2D eigenvalue weighted by Gasteiger charge is 2.17. The van der Waals surface area contributed by atoms with Gasteiger partial charge < -0.3 is 20.9 Å². The van der Waals surface area contributed by atoms with Gasteiger partial charge in [0.2, 0.25) is 0 Å². The molecule has 0 atom stereocenters. The van der Waals surface area contributed by atoms with E-state index in [4.69, 9.17) is 20.9 Å². The number of hydrogen-bond donors (Lipinski definition) is 2. The summed E-state index contributed by atoms with van der Waals surface area (Å²) >= 11 is 0. The van der Waals surface area contributed by atoms with Crippen molar-refractivity contribution in [3.63, 3.8) is 0 Å². The first kappa shape index (κ1) is 21.2. The second-order valence-corrected chi connectivity index (χ2v) is 7.93. The third-order valence-electron chi connectivity index (χ3n) is 5.42. The minimum absolute atomic E-state index is 0.642. The molecule has 34 heavy (non-hydrogen) atoms. The number of anilines is 2. The van der Waals surface area contributed by atoms with Crippen LogP contribution in [-0.4, -0.2) is 0 Å². The molecule has 0 amide bonds. The fraction of sp³-hybridized carbons (Fsp3) is 0. The molecular weight excluding hydrogens is 420 g/mol. The minimum Gasteiger partial charge on any atom is -0.457 e. The Morgan fingerprint density at radius 1 is 0.412 bits per heavy atom. The molecule has 4 heteroatoms. The summed E-state index contributed by atoms with van der Waals surface area (Å²) in [4.78, 5) is 0. The summed E-state index contributed by atoms with van der Waals surface area (Å²) in [6.45, 7) is 0. The van der Waals surface area contributed by atoms with E-state index in [1.165, 1.54) is 0 Å². The molecule has 0 saturated heterocycles. The van der Waals surface area contributed by atoms with Gasteiger partial charge in [0.05, 0.1) is 0 Å². The van der Waals surface area contributed by atoms with E-state index in [-0.39, 0.29) is 0 Å². The fourth-order valence-corrected chi connectivity index (χ4v) is 3.83. The average molecular weight is 445 g/mol.